The molecule has 4 nitrogen and oxygen atoms in total. The molecule has 0 amide bonds. The second-order valence-electron chi connectivity index (χ2n) is 5.44. The van der Waals surface area contributed by atoms with Crippen molar-refractivity contribution in [2.45, 2.75) is 23.7 Å². The quantitative estimate of drug-likeness (QED) is 0.840. The van der Waals surface area contributed by atoms with Gasteiger partial charge in [0.15, 0.2) is 11.5 Å². The molecule has 5 heteroatoms. The molecule has 0 bridgehead atoms. The van der Waals surface area contributed by atoms with E-state index in [4.69, 9.17) is 9.47 Å². The molecule has 1 aromatic carbocycles. The first-order chi connectivity index (χ1) is 9.72. The number of ether oxygens (including phenoxy) is 2. The molecule has 2 N–H and O–H groups in total. The van der Waals surface area contributed by atoms with Gasteiger partial charge in [0.25, 0.3) is 0 Å². The highest BCUT2D eigenvalue weighted by Crippen LogP contribution is 2.46. The Morgan fingerprint density at radius 3 is 2.75 bits per heavy atom. The van der Waals surface area contributed by atoms with E-state index in [1.165, 1.54) is 12.8 Å². The Kier molecular flexibility index (Phi) is 4.10. The lowest BCUT2D eigenvalue weighted by Gasteiger charge is -2.21. The minimum Gasteiger partial charge on any atom is -0.486 e. The van der Waals surface area contributed by atoms with E-state index in [2.05, 4.69) is 11.6 Å². The van der Waals surface area contributed by atoms with E-state index >= 15 is 0 Å². The van der Waals surface area contributed by atoms with Gasteiger partial charge in [-0.15, -0.1) is 0 Å². The van der Waals surface area contributed by atoms with Gasteiger partial charge in [-0.3, -0.25) is 0 Å². The molecule has 0 radical (unpaired) electrons. The highest BCUT2D eigenvalue weighted by molar-refractivity contribution is 8.00. The number of fused-ring (bicyclic) bond motifs is 1. The number of rotatable bonds is 6. The summed E-state index contributed by atoms with van der Waals surface area (Å²) >= 11 is 1.92. The van der Waals surface area contributed by atoms with Gasteiger partial charge in [0, 0.05) is 17.8 Å². The van der Waals surface area contributed by atoms with E-state index < -0.39 is 6.10 Å². The minimum atomic E-state index is -0.511. The van der Waals surface area contributed by atoms with Gasteiger partial charge >= 0.3 is 0 Å². The van der Waals surface area contributed by atoms with E-state index in [0.29, 0.717) is 24.5 Å². The molecule has 2 aliphatic rings. The summed E-state index contributed by atoms with van der Waals surface area (Å²) < 4.78 is 11.4. The molecule has 1 atom stereocenters. The summed E-state index contributed by atoms with van der Waals surface area (Å²) in [6.45, 7) is 2.70. The molecule has 1 heterocycles. The number of nitrogens with one attached hydrogen (secondary N) is 1. The first-order valence-electron chi connectivity index (χ1n) is 7.06. The van der Waals surface area contributed by atoms with Gasteiger partial charge in [0.05, 0.1) is 6.10 Å². The Bertz CT molecular complexity index is 476. The zero-order valence-electron chi connectivity index (χ0n) is 11.7. The smallest absolute Gasteiger partial charge is 0.161 e. The number of hydrogen-bond donors (Lipinski definition) is 2. The van der Waals surface area contributed by atoms with Crippen molar-refractivity contribution in [3.8, 4) is 11.5 Å². The average Bonchev–Trinajstić information content (AvgIpc) is 3.27. The van der Waals surface area contributed by atoms with Crippen molar-refractivity contribution in [2.24, 2.45) is 0 Å². The average molecular weight is 295 g/mol. The third-order valence-corrected chi connectivity index (χ3v) is 5.40. The summed E-state index contributed by atoms with van der Waals surface area (Å²) in [5.74, 6) is 1.50. The normalized spacial score (nSPS) is 20.5. The summed E-state index contributed by atoms with van der Waals surface area (Å²) in [7, 11) is 0. The summed E-state index contributed by atoms with van der Waals surface area (Å²) in [4.78, 5) is 0. The SMILES string of the molecule is CSC1(CNCC(O)c2ccc3c(c2)OCCO3)CC1. The van der Waals surface area contributed by atoms with Gasteiger partial charge in [-0.25, -0.2) is 0 Å². The van der Waals surface area contributed by atoms with E-state index in [1.54, 1.807) is 0 Å². The Morgan fingerprint density at radius 2 is 2.05 bits per heavy atom. The number of benzene rings is 1. The Hall–Kier alpha value is -0.910. The Balaban J connectivity index is 1.55. The lowest BCUT2D eigenvalue weighted by Crippen LogP contribution is -2.29. The van der Waals surface area contributed by atoms with Gasteiger partial charge in [0.1, 0.15) is 13.2 Å². The molecule has 0 aromatic heterocycles. The van der Waals surface area contributed by atoms with Crippen molar-refractivity contribution in [1.82, 2.24) is 5.32 Å². The maximum absolute atomic E-state index is 10.2. The van der Waals surface area contributed by atoms with Crippen molar-refractivity contribution in [1.29, 1.82) is 0 Å². The number of hydrogen-bond acceptors (Lipinski definition) is 5. The predicted octanol–water partition coefficient (Wildman–Crippen LogP) is 1.98. The first kappa shape index (κ1) is 14.0. The molecular weight excluding hydrogens is 274 g/mol. The maximum atomic E-state index is 10.2. The van der Waals surface area contributed by atoms with Crippen LogP contribution in [-0.4, -0.2) is 42.4 Å². The van der Waals surface area contributed by atoms with Crippen LogP contribution in [0, 0.1) is 0 Å². The Labute approximate surface area is 123 Å². The lowest BCUT2D eigenvalue weighted by molar-refractivity contribution is 0.163. The van der Waals surface area contributed by atoms with Crippen molar-refractivity contribution in [2.75, 3.05) is 32.6 Å². The zero-order chi connectivity index (χ0) is 14.0. The fourth-order valence-corrected chi connectivity index (χ4v) is 3.17. The van der Waals surface area contributed by atoms with Crippen LogP contribution in [0.3, 0.4) is 0 Å². The van der Waals surface area contributed by atoms with E-state index in [1.807, 2.05) is 30.0 Å². The molecule has 1 fully saturated rings. The Morgan fingerprint density at radius 1 is 1.30 bits per heavy atom. The second-order valence-corrected chi connectivity index (χ2v) is 6.71. The van der Waals surface area contributed by atoms with Crippen LogP contribution in [0.5, 0.6) is 11.5 Å². The molecule has 0 spiro atoms. The monoisotopic (exact) mass is 295 g/mol. The second kappa shape index (κ2) is 5.84. The maximum Gasteiger partial charge on any atom is 0.161 e. The van der Waals surface area contributed by atoms with E-state index in [0.717, 1.165) is 23.6 Å². The van der Waals surface area contributed by atoms with Crippen LogP contribution >= 0.6 is 11.8 Å². The van der Waals surface area contributed by atoms with Gasteiger partial charge in [-0.1, -0.05) is 6.07 Å². The molecule has 1 aliphatic carbocycles. The van der Waals surface area contributed by atoms with Crippen LogP contribution in [0.4, 0.5) is 0 Å². The standard InChI is InChI=1S/C15H21NO3S/c1-20-15(4-5-15)10-16-9-12(17)11-2-3-13-14(8-11)19-7-6-18-13/h2-3,8,12,16-17H,4-7,9-10H2,1H3. The zero-order valence-corrected chi connectivity index (χ0v) is 12.5. The molecule has 1 aliphatic heterocycles. The van der Waals surface area contributed by atoms with Crippen molar-refractivity contribution in [3.05, 3.63) is 23.8 Å². The molecule has 110 valence electrons. The molecule has 3 rings (SSSR count). The fourth-order valence-electron chi connectivity index (χ4n) is 2.41. The van der Waals surface area contributed by atoms with Gasteiger partial charge in [-0.05, 0) is 36.8 Å². The summed E-state index contributed by atoms with van der Waals surface area (Å²) in [5, 5.41) is 13.6. The first-order valence-corrected chi connectivity index (χ1v) is 8.28. The van der Waals surface area contributed by atoms with Crippen LogP contribution in [0.1, 0.15) is 24.5 Å². The third-order valence-electron chi connectivity index (χ3n) is 3.98. The molecule has 1 unspecified atom stereocenters. The number of aliphatic hydroxyl groups is 1. The summed E-state index contributed by atoms with van der Waals surface area (Å²) in [6, 6.07) is 5.65. The molecular formula is C15H21NO3S. The largest absolute Gasteiger partial charge is 0.486 e. The molecule has 0 saturated heterocycles. The topological polar surface area (TPSA) is 50.7 Å². The van der Waals surface area contributed by atoms with Crippen LogP contribution in [0.2, 0.25) is 0 Å². The van der Waals surface area contributed by atoms with Crippen LogP contribution in [-0.2, 0) is 0 Å². The minimum absolute atomic E-state index is 0.423. The van der Waals surface area contributed by atoms with Crippen LogP contribution < -0.4 is 14.8 Å². The summed E-state index contributed by atoms with van der Waals surface area (Å²) in [5.41, 5.74) is 0.871. The van der Waals surface area contributed by atoms with Crippen molar-refractivity contribution >= 4 is 11.8 Å². The summed E-state index contributed by atoms with van der Waals surface area (Å²) in [6.07, 6.45) is 4.21. The molecule has 20 heavy (non-hydrogen) atoms. The van der Waals surface area contributed by atoms with Crippen LogP contribution in [0.15, 0.2) is 18.2 Å². The highest BCUT2D eigenvalue weighted by atomic mass is 32.2. The number of aliphatic hydroxyl groups excluding tert-OH is 1. The van der Waals surface area contributed by atoms with E-state index in [9.17, 15) is 5.11 Å². The number of thioether (sulfide) groups is 1. The highest BCUT2D eigenvalue weighted by Gasteiger charge is 2.41. The fraction of sp³-hybridized carbons (Fsp3) is 0.600. The molecule has 1 aromatic rings. The van der Waals surface area contributed by atoms with Crippen molar-refractivity contribution in [3.63, 3.8) is 0 Å². The van der Waals surface area contributed by atoms with Crippen LogP contribution in [0.25, 0.3) is 0 Å². The lowest BCUT2D eigenvalue weighted by atomic mass is 10.1. The third kappa shape index (κ3) is 3.05. The van der Waals surface area contributed by atoms with E-state index in [-0.39, 0.29) is 0 Å². The molecule has 1 saturated carbocycles. The predicted molar refractivity (Wildman–Crippen MR) is 80.7 cm³/mol. The van der Waals surface area contributed by atoms with Crippen molar-refractivity contribution < 1.29 is 14.6 Å². The van der Waals surface area contributed by atoms with Gasteiger partial charge in [0.2, 0.25) is 0 Å². The van der Waals surface area contributed by atoms with Gasteiger partial charge < -0.3 is 19.9 Å². The van der Waals surface area contributed by atoms with Gasteiger partial charge in [-0.2, -0.15) is 11.8 Å².